The van der Waals surface area contributed by atoms with E-state index >= 15 is 0 Å². The second-order valence-corrected chi connectivity index (χ2v) is 5.05. The molecule has 0 aliphatic carbocycles. The Labute approximate surface area is 104 Å². The van der Waals surface area contributed by atoms with Gasteiger partial charge in [0.25, 0.3) is 0 Å². The van der Waals surface area contributed by atoms with Crippen molar-refractivity contribution in [2.24, 2.45) is 0 Å². The van der Waals surface area contributed by atoms with Crippen LogP contribution in [0, 0.1) is 5.41 Å². The van der Waals surface area contributed by atoms with E-state index in [2.05, 4.69) is 4.74 Å². The monoisotopic (exact) mass is 273 g/mol. The van der Waals surface area contributed by atoms with Crippen molar-refractivity contribution in [1.29, 1.82) is 5.41 Å². The molecule has 0 unspecified atom stereocenters. The molecule has 0 aromatic rings. The lowest BCUT2D eigenvalue weighted by Crippen LogP contribution is -2.01. The van der Waals surface area contributed by atoms with Crippen LogP contribution in [0.1, 0.15) is 12.8 Å². The molecule has 0 radical (unpaired) electrons. The Kier molecular flexibility index (Phi) is 13.9. The smallest absolute Gasteiger partial charge is 0.306 e. The maximum Gasteiger partial charge on any atom is 0.306 e. The molecule has 0 saturated heterocycles. The van der Waals surface area contributed by atoms with Crippen molar-refractivity contribution in [3.8, 4) is 0 Å². The van der Waals surface area contributed by atoms with Crippen LogP contribution in [-0.4, -0.2) is 37.6 Å². The first kappa shape index (κ1) is 17.3. The van der Waals surface area contributed by atoms with Gasteiger partial charge >= 0.3 is 5.97 Å². The summed E-state index contributed by atoms with van der Waals surface area (Å²) >= 11 is 0. The topological polar surface area (TPSA) is 59.4 Å². The van der Waals surface area contributed by atoms with E-state index in [0.717, 1.165) is 11.5 Å². The minimum absolute atomic E-state index is 0. The van der Waals surface area contributed by atoms with Gasteiger partial charge in [-0.3, -0.25) is 10.2 Å². The zero-order chi connectivity index (χ0) is 10.8. The molecule has 0 saturated carbocycles. The summed E-state index contributed by atoms with van der Waals surface area (Å²) in [4.78, 5) is 10.7. The highest BCUT2D eigenvalue weighted by Gasteiger charge is 2.00. The number of rotatable bonds is 7. The first-order valence-electron chi connectivity index (χ1n) is 4.13. The van der Waals surface area contributed by atoms with E-state index in [1.807, 2.05) is 0 Å². The van der Waals surface area contributed by atoms with Crippen molar-refractivity contribution in [1.82, 2.24) is 0 Å². The highest BCUT2D eigenvalue weighted by atomic mass is 35.5. The minimum atomic E-state index is -0.178. The molecular formula is C8H16ClNO3S2. The molecule has 0 rings (SSSR count). The molecule has 0 aliphatic heterocycles. The summed E-state index contributed by atoms with van der Waals surface area (Å²) in [5.74, 6) is 1.70. The Morgan fingerprint density at radius 1 is 1.13 bits per heavy atom. The number of ether oxygens (including phenoxy) is 2. The lowest BCUT2D eigenvalue weighted by atomic mass is 10.5. The van der Waals surface area contributed by atoms with E-state index in [9.17, 15) is 4.79 Å². The first-order chi connectivity index (χ1) is 6.70. The number of carbonyl (C=O) groups excluding carboxylic acids is 1. The van der Waals surface area contributed by atoms with Crippen LogP contribution in [0.25, 0.3) is 0 Å². The average Bonchev–Trinajstić information content (AvgIpc) is 2.22. The SMILES string of the molecule is COC(=N)CCSSCCC(=O)OC.Cl. The first-order valence-corrected chi connectivity index (χ1v) is 6.62. The molecule has 0 bridgehead atoms. The second-order valence-electron chi connectivity index (χ2n) is 2.35. The number of hydrogen-bond donors (Lipinski definition) is 1. The fourth-order valence-electron chi connectivity index (χ4n) is 0.581. The van der Waals surface area contributed by atoms with Crippen molar-refractivity contribution in [3.05, 3.63) is 0 Å². The Hall–Kier alpha value is -0.0700. The molecule has 1 N–H and O–H groups in total. The highest BCUT2D eigenvalue weighted by Crippen LogP contribution is 2.22. The van der Waals surface area contributed by atoms with Gasteiger partial charge in [0.15, 0.2) is 5.90 Å². The van der Waals surface area contributed by atoms with Crippen LogP contribution in [-0.2, 0) is 14.3 Å². The van der Waals surface area contributed by atoms with Gasteiger partial charge in [0.1, 0.15) is 0 Å². The van der Waals surface area contributed by atoms with Crippen molar-refractivity contribution in [2.75, 3.05) is 25.7 Å². The normalized spacial score (nSPS) is 8.93. The largest absolute Gasteiger partial charge is 0.484 e. The fraction of sp³-hybridized carbons (Fsp3) is 0.750. The zero-order valence-electron chi connectivity index (χ0n) is 8.78. The highest BCUT2D eigenvalue weighted by molar-refractivity contribution is 8.76. The summed E-state index contributed by atoms with van der Waals surface area (Å²) in [5, 5.41) is 7.20. The standard InChI is InChI=1S/C8H15NO3S2.ClH/c1-11-7(9)3-5-13-14-6-4-8(10)12-2;/h9H,3-6H2,1-2H3;1H. The fourth-order valence-corrected chi connectivity index (χ4v) is 2.54. The lowest BCUT2D eigenvalue weighted by Gasteiger charge is -2.01. The van der Waals surface area contributed by atoms with Gasteiger partial charge in [-0.1, -0.05) is 21.6 Å². The molecule has 90 valence electrons. The zero-order valence-corrected chi connectivity index (χ0v) is 11.2. The molecule has 0 aromatic heterocycles. The van der Waals surface area contributed by atoms with Crippen molar-refractivity contribution in [2.45, 2.75) is 12.8 Å². The van der Waals surface area contributed by atoms with Gasteiger partial charge in [0.2, 0.25) is 0 Å². The molecule has 0 atom stereocenters. The number of carbonyl (C=O) groups is 1. The number of halogens is 1. The number of hydrogen-bond acceptors (Lipinski definition) is 6. The Bertz CT molecular complexity index is 173. The van der Waals surface area contributed by atoms with Crippen molar-refractivity contribution >= 4 is 45.9 Å². The summed E-state index contributed by atoms with van der Waals surface area (Å²) in [7, 11) is 6.14. The van der Waals surface area contributed by atoms with Crippen LogP contribution in [0.3, 0.4) is 0 Å². The third-order valence-electron chi connectivity index (χ3n) is 1.36. The van der Waals surface area contributed by atoms with Crippen LogP contribution in [0.15, 0.2) is 0 Å². The van der Waals surface area contributed by atoms with E-state index in [-0.39, 0.29) is 18.4 Å². The van der Waals surface area contributed by atoms with E-state index in [0.29, 0.717) is 18.7 Å². The van der Waals surface area contributed by atoms with Gasteiger partial charge < -0.3 is 9.47 Å². The van der Waals surface area contributed by atoms with Crippen molar-refractivity contribution < 1.29 is 14.3 Å². The predicted molar refractivity (Wildman–Crippen MR) is 68.1 cm³/mol. The number of methoxy groups -OCH3 is 2. The number of esters is 1. The van der Waals surface area contributed by atoms with Crippen LogP contribution >= 0.6 is 34.0 Å². The van der Waals surface area contributed by atoms with Gasteiger partial charge in [0, 0.05) is 17.9 Å². The van der Waals surface area contributed by atoms with E-state index in [4.69, 9.17) is 10.1 Å². The van der Waals surface area contributed by atoms with Crippen LogP contribution in [0.5, 0.6) is 0 Å². The molecule has 7 heteroatoms. The Morgan fingerprint density at radius 3 is 2.13 bits per heavy atom. The molecule has 0 heterocycles. The third kappa shape index (κ3) is 11.9. The summed E-state index contributed by atoms with van der Waals surface area (Å²) in [6.45, 7) is 0. The van der Waals surface area contributed by atoms with Gasteiger partial charge in [-0.15, -0.1) is 12.4 Å². The molecule has 0 aliphatic rings. The van der Waals surface area contributed by atoms with E-state index in [1.165, 1.54) is 14.2 Å². The Morgan fingerprint density at radius 2 is 1.67 bits per heavy atom. The maximum atomic E-state index is 10.7. The Balaban J connectivity index is 0. The van der Waals surface area contributed by atoms with Gasteiger partial charge in [-0.25, -0.2) is 0 Å². The molecule has 4 nitrogen and oxygen atoms in total. The van der Waals surface area contributed by atoms with Gasteiger partial charge in [-0.05, 0) is 0 Å². The summed E-state index contributed by atoms with van der Waals surface area (Å²) in [6.07, 6.45) is 1.07. The summed E-state index contributed by atoms with van der Waals surface area (Å²) in [6, 6.07) is 0. The molecule has 0 spiro atoms. The second kappa shape index (κ2) is 12.0. The van der Waals surface area contributed by atoms with Crippen LogP contribution in [0.4, 0.5) is 0 Å². The van der Waals surface area contributed by atoms with Crippen LogP contribution in [0.2, 0.25) is 0 Å². The molecular weight excluding hydrogens is 258 g/mol. The molecule has 0 amide bonds. The molecule has 0 fully saturated rings. The number of nitrogens with one attached hydrogen (secondary N) is 1. The molecule has 15 heavy (non-hydrogen) atoms. The molecule has 0 aromatic carbocycles. The minimum Gasteiger partial charge on any atom is -0.484 e. The summed E-state index contributed by atoms with van der Waals surface area (Å²) < 4.78 is 9.20. The summed E-state index contributed by atoms with van der Waals surface area (Å²) in [5.41, 5.74) is 0. The van der Waals surface area contributed by atoms with Gasteiger partial charge in [0.05, 0.1) is 20.6 Å². The van der Waals surface area contributed by atoms with Gasteiger partial charge in [-0.2, -0.15) is 0 Å². The quantitative estimate of drug-likeness (QED) is 0.254. The predicted octanol–water partition coefficient (Wildman–Crippen LogP) is 2.37. The average molecular weight is 274 g/mol. The van der Waals surface area contributed by atoms with Crippen molar-refractivity contribution in [3.63, 3.8) is 0 Å². The maximum absolute atomic E-state index is 10.7. The third-order valence-corrected chi connectivity index (χ3v) is 3.77. The van der Waals surface area contributed by atoms with Crippen LogP contribution < -0.4 is 0 Å². The van der Waals surface area contributed by atoms with E-state index < -0.39 is 0 Å². The van der Waals surface area contributed by atoms with E-state index in [1.54, 1.807) is 21.6 Å². The lowest BCUT2D eigenvalue weighted by molar-refractivity contribution is -0.140.